The van der Waals surface area contributed by atoms with Crippen molar-refractivity contribution in [3.63, 3.8) is 0 Å². The second-order valence-corrected chi connectivity index (χ2v) is 5.51. The lowest BCUT2D eigenvalue weighted by Gasteiger charge is -1.99. The van der Waals surface area contributed by atoms with Gasteiger partial charge in [-0.1, -0.05) is 30.3 Å². The van der Waals surface area contributed by atoms with Crippen molar-refractivity contribution in [3.8, 4) is 0 Å². The van der Waals surface area contributed by atoms with E-state index in [0.717, 1.165) is 18.5 Å². The Morgan fingerprint density at radius 2 is 2.05 bits per heavy atom. The first-order chi connectivity index (χ1) is 10.3. The first-order valence-electron chi connectivity index (χ1n) is 6.73. The Balaban J connectivity index is 1.57. The van der Waals surface area contributed by atoms with E-state index in [4.69, 9.17) is 0 Å². The van der Waals surface area contributed by atoms with Crippen molar-refractivity contribution in [2.45, 2.75) is 12.8 Å². The van der Waals surface area contributed by atoms with Crippen molar-refractivity contribution in [3.05, 3.63) is 70.0 Å². The van der Waals surface area contributed by atoms with E-state index in [1.807, 2.05) is 35.0 Å². The number of aromatic amines is 1. The molecule has 0 aliphatic heterocycles. The molecule has 1 amide bonds. The standard InChI is InChI=1S/C16H15N3OS/c20-16(13-8-9-21-11-13)17-15-10-14(18-19-15)7-6-12-4-2-1-3-5-12/h1-5,8-11H,6-7H2,(H2,17,18,19,20). The van der Waals surface area contributed by atoms with Crippen molar-refractivity contribution in [2.75, 3.05) is 5.32 Å². The molecule has 2 heterocycles. The Kier molecular flexibility index (Phi) is 4.12. The van der Waals surface area contributed by atoms with Gasteiger partial charge in [-0.25, -0.2) is 0 Å². The lowest BCUT2D eigenvalue weighted by Crippen LogP contribution is -2.10. The van der Waals surface area contributed by atoms with Gasteiger partial charge in [0.1, 0.15) is 0 Å². The SMILES string of the molecule is O=C(Nc1cc(CCc2ccccc2)[nH]n1)c1ccsc1. The van der Waals surface area contributed by atoms with E-state index in [0.29, 0.717) is 11.4 Å². The third kappa shape index (κ3) is 3.58. The maximum Gasteiger partial charge on any atom is 0.257 e. The molecule has 0 fully saturated rings. The average Bonchev–Trinajstić information content (AvgIpc) is 3.18. The predicted molar refractivity (Wildman–Crippen MR) is 84.7 cm³/mol. The largest absolute Gasteiger partial charge is 0.305 e. The van der Waals surface area contributed by atoms with Gasteiger partial charge in [-0.3, -0.25) is 9.89 Å². The molecule has 3 aromatic rings. The van der Waals surface area contributed by atoms with E-state index < -0.39 is 0 Å². The van der Waals surface area contributed by atoms with Crippen molar-refractivity contribution < 1.29 is 4.79 Å². The zero-order valence-corrected chi connectivity index (χ0v) is 12.2. The van der Waals surface area contributed by atoms with Crippen LogP contribution in [0.4, 0.5) is 5.82 Å². The summed E-state index contributed by atoms with van der Waals surface area (Å²) in [5, 5.41) is 13.6. The van der Waals surface area contributed by atoms with Crippen LogP contribution in [0, 0.1) is 0 Å². The fourth-order valence-corrected chi connectivity index (χ4v) is 2.70. The molecule has 0 saturated heterocycles. The highest BCUT2D eigenvalue weighted by molar-refractivity contribution is 7.08. The predicted octanol–water partition coefficient (Wildman–Crippen LogP) is 3.51. The summed E-state index contributed by atoms with van der Waals surface area (Å²) in [6, 6.07) is 14.0. The number of benzene rings is 1. The molecule has 0 spiro atoms. The molecular weight excluding hydrogens is 282 g/mol. The van der Waals surface area contributed by atoms with Crippen LogP contribution in [0.3, 0.4) is 0 Å². The Labute approximate surface area is 126 Å². The van der Waals surface area contributed by atoms with Crippen LogP contribution in [-0.2, 0) is 12.8 Å². The molecule has 2 aromatic heterocycles. The molecule has 0 aliphatic rings. The van der Waals surface area contributed by atoms with Gasteiger partial charge >= 0.3 is 0 Å². The van der Waals surface area contributed by atoms with Crippen LogP contribution in [0.1, 0.15) is 21.6 Å². The fourth-order valence-electron chi connectivity index (χ4n) is 2.06. The molecule has 2 N–H and O–H groups in total. The zero-order valence-electron chi connectivity index (χ0n) is 11.4. The summed E-state index contributed by atoms with van der Waals surface area (Å²) in [4.78, 5) is 11.9. The van der Waals surface area contributed by atoms with Crippen LogP contribution in [-0.4, -0.2) is 16.1 Å². The minimum Gasteiger partial charge on any atom is -0.305 e. The van der Waals surface area contributed by atoms with Gasteiger partial charge in [0.25, 0.3) is 5.91 Å². The molecule has 0 radical (unpaired) electrons. The summed E-state index contributed by atoms with van der Waals surface area (Å²) in [6.07, 6.45) is 1.81. The van der Waals surface area contributed by atoms with E-state index in [-0.39, 0.29) is 5.91 Å². The number of aryl methyl sites for hydroxylation is 2. The third-order valence-corrected chi connectivity index (χ3v) is 3.86. The number of rotatable bonds is 5. The highest BCUT2D eigenvalue weighted by Gasteiger charge is 2.08. The van der Waals surface area contributed by atoms with Gasteiger partial charge in [-0.05, 0) is 29.9 Å². The first kappa shape index (κ1) is 13.6. The Morgan fingerprint density at radius 3 is 2.81 bits per heavy atom. The van der Waals surface area contributed by atoms with Crippen molar-refractivity contribution in [1.29, 1.82) is 0 Å². The number of thiophene rings is 1. The van der Waals surface area contributed by atoms with Gasteiger partial charge in [0, 0.05) is 17.1 Å². The van der Waals surface area contributed by atoms with Gasteiger partial charge in [0.15, 0.2) is 5.82 Å². The average molecular weight is 297 g/mol. The highest BCUT2D eigenvalue weighted by Crippen LogP contribution is 2.12. The summed E-state index contributed by atoms with van der Waals surface area (Å²) in [6.45, 7) is 0. The van der Waals surface area contributed by atoms with Gasteiger partial charge in [-0.2, -0.15) is 16.4 Å². The number of nitrogens with one attached hydrogen (secondary N) is 2. The Morgan fingerprint density at radius 1 is 1.19 bits per heavy atom. The molecule has 5 heteroatoms. The number of carbonyl (C=O) groups excluding carboxylic acids is 1. The maximum absolute atomic E-state index is 11.9. The van der Waals surface area contributed by atoms with Gasteiger partial charge in [0.05, 0.1) is 5.56 Å². The summed E-state index contributed by atoms with van der Waals surface area (Å²) in [5.74, 6) is 0.437. The Hall–Kier alpha value is -2.40. The summed E-state index contributed by atoms with van der Waals surface area (Å²) >= 11 is 1.50. The summed E-state index contributed by atoms with van der Waals surface area (Å²) < 4.78 is 0. The quantitative estimate of drug-likeness (QED) is 0.757. The summed E-state index contributed by atoms with van der Waals surface area (Å²) in [7, 11) is 0. The molecule has 0 aliphatic carbocycles. The molecule has 21 heavy (non-hydrogen) atoms. The van der Waals surface area contributed by atoms with E-state index in [9.17, 15) is 4.79 Å². The molecule has 0 bridgehead atoms. The highest BCUT2D eigenvalue weighted by atomic mass is 32.1. The van der Waals surface area contributed by atoms with Crippen LogP contribution in [0.25, 0.3) is 0 Å². The molecule has 4 nitrogen and oxygen atoms in total. The van der Waals surface area contributed by atoms with Gasteiger partial charge in [-0.15, -0.1) is 0 Å². The lowest BCUT2D eigenvalue weighted by molar-refractivity contribution is 0.102. The first-order valence-corrected chi connectivity index (χ1v) is 7.67. The Bertz CT molecular complexity index is 704. The van der Waals surface area contributed by atoms with Gasteiger partial charge < -0.3 is 5.32 Å². The zero-order chi connectivity index (χ0) is 14.5. The molecule has 3 rings (SSSR count). The molecule has 1 aromatic carbocycles. The van der Waals surface area contributed by atoms with E-state index >= 15 is 0 Å². The van der Waals surface area contributed by atoms with Crippen LogP contribution < -0.4 is 5.32 Å². The normalized spacial score (nSPS) is 10.5. The molecule has 0 atom stereocenters. The second kappa shape index (κ2) is 6.37. The number of H-pyrrole nitrogens is 1. The number of nitrogens with zero attached hydrogens (tertiary/aromatic N) is 1. The van der Waals surface area contributed by atoms with Crippen LogP contribution >= 0.6 is 11.3 Å². The number of anilines is 1. The fraction of sp³-hybridized carbons (Fsp3) is 0.125. The number of hydrogen-bond donors (Lipinski definition) is 2. The molecule has 0 unspecified atom stereocenters. The van der Waals surface area contributed by atoms with Gasteiger partial charge in [0.2, 0.25) is 0 Å². The van der Waals surface area contributed by atoms with E-state index in [1.165, 1.54) is 16.9 Å². The molecule has 106 valence electrons. The van der Waals surface area contributed by atoms with Crippen LogP contribution in [0.5, 0.6) is 0 Å². The lowest BCUT2D eigenvalue weighted by atomic mass is 10.1. The van der Waals surface area contributed by atoms with Crippen LogP contribution in [0.2, 0.25) is 0 Å². The third-order valence-electron chi connectivity index (χ3n) is 3.18. The van der Waals surface area contributed by atoms with E-state index in [2.05, 4.69) is 27.6 Å². The number of carbonyl (C=O) groups is 1. The molecule has 0 saturated carbocycles. The smallest absolute Gasteiger partial charge is 0.257 e. The second-order valence-electron chi connectivity index (χ2n) is 4.73. The summed E-state index contributed by atoms with van der Waals surface area (Å²) in [5.41, 5.74) is 2.96. The molecular formula is C16H15N3OS. The monoisotopic (exact) mass is 297 g/mol. The van der Waals surface area contributed by atoms with E-state index in [1.54, 1.807) is 6.07 Å². The minimum absolute atomic E-state index is 0.127. The van der Waals surface area contributed by atoms with Crippen molar-refractivity contribution in [2.24, 2.45) is 0 Å². The number of hydrogen-bond acceptors (Lipinski definition) is 3. The van der Waals surface area contributed by atoms with Crippen molar-refractivity contribution in [1.82, 2.24) is 10.2 Å². The number of aromatic nitrogens is 2. The number of amides is 1. The van der Waals surface area contributed by atoms with Crippen LogP contribution in [0.15, 0.2) is 53.2 Å². The minimum atomic E-state index is -0.127. The maximum atomic E-state index is 11.9. The topological polar surface area (TPSA) is 57.8 Å². The van der Waals surface area contributed by atoms with Crippen molar-refractivity contribution >= 4 is 23.1 Å².